The number of nitrogens with one attached hydrogen (secondary N) is 2. The fourth-order valence-corrected chi connectivity index (χ4v) is 1.97. The van der Waals surface area contributed by atoms with E-state index in [2.05, 4.69) is 39.4 Å². The lowest BCUT2D eigenvalue weighted by atomic mass is 10.3. The number of halogens is 1. The molecule has 0 bridgehead atoms. The van der Waals surface area contributed by atoms with Gasteiger partial charge in [-0.1, -0.05) is 0 Å². The van der Waals surface area contributed by atoms with Gasteiger partial charge in [0.2, 0.25) is 0 Å². The number of nitrogens with zero attached hydrogens (tertiary/aromatic N) is 1. The van der Waals surface area contributed by atoms with E-state index in [-0.39, 0.29) is 30.0 Å². The molecule has 1 rings (SSSR count). The molecule has 0 aliphatic carbocycles. The molecular weight excluding hydrogens is 349 g/mol. The highest BCUT2D eigenvalue weighted by Gasteiger charge is 2.04. The van der Waals surface area contributed by atoms with Crippen LogP contribution in [0.5, 0.6) is 0 Å². The summed E-state index contributed by atoms with van der Waals surface area (Å²) in [6.07, 6.45) is 0. The SMILES string of the molecule is CN=C(NCc1ccsc1)NC(C)COC.I. The lowest BCUT2D eigenvalue weighted by molar-refractivity contribution is 0.179. The quantitative estimate of drug-likeness (QED) is 0.475. The van der Waals surface area contributed by atoms with Crippen molar-refractivity contribution < 1.29 is 4.74 Å². The number of aliphatic imine (C=N–C) groups is 1. The molecule has 1 atom stereocenters. The average Bonchev–Trinajstić information content (AvgIpc) is 2.77. The minimum absolute atomic E-state index is 0. The van der Waals surface area contributed by atoms with Crippen molar-refractivity contribution in [2.24, 2.45) is 4.99 Å². The first-order valence-corrected chi connectivity index (χ1v) is 6.17. The molecule has 98 valence electrons. The molecule has 0 saturated heterocycles. The van der Waals surface area contributed by atoms with Crippen LogP contribution in [0.1, 0.15) is 12.5 Å². The van der Waals surface area contributed by atoms with Crippen LogP contribution in [0.25, 0.3) is 0 Å². The standard InChI is InChI=1S/C11H19N3OS.HI/c1-9(7-15-3)14-11(12-2)13-6-10-4-5-16-8-10;/h4-5,8-9H,6-7H2,1-3H3,(H2,12,13,14);1H. The van der Waals surface area contributed by atoms with Gasteiger partial charge in [-0.05, 0) is 29.3 Å². The Hall–Kier alpha value is -0.340. The third-order valence-corrected chi connectivity index (χ3v) is 2.80. The van der Waals surface area contributed by atoms with Crippen LogP contribution in [0.2, 0.25) is 0 Å². The highest BCUT2D eigenvalue weighted by molar-refractivity contribution is 14.0. The van der Waals surface area contributed by atoms with Gasteiger partial charge in [-0.25, -0.2) is 0 Å². The van der Waals surface area contributed by atoms with Gasteiger partial charge in [-0.2, -0.15) is 11.3 Å². The molecule has 0 spiro atoms. The van der Waals surface area contributed by atoms with E-state index in [1.807, 2.05) is 0 Å². The Bertz CT molecular complexity index is 317. The summed E-state index contributed by atoms with van der Waals surface area (Å²) in [6.45, 7) is 3.52. The van der Waals surface area contributed by atoms with Crippen molar-refractivity contribution >= 4 is 41.3 Å². The van der Waals surface area contributed by atoms with Gasteiger partial charge in [0.1, 0.15) is 0 Å². The minimum atomic E-state index is 0. The molecule has 17 heavy (non-hydrogen) atoms. The van der Waals surface area contributed by atoms with Crippen molar-refractivity contribution in [3.05, 3.63) is 22.4 Å². The normalized spacial score (nSPS) is 12.8. The average molecular weight is 369 g/mol. The molecule has 0 radical (unpaired) electrons. The Balaban J connectivity index is 0.00000256. The summed E-state index contributed by atoms with van der Waals surface area (Å²) in [5.41, 5.74) is 1.27. The molecular formula is C11H20IN3OS. The van der Waals surface area contributed by atoms with Crippen molar-refractivity contribution in [1.82, 2.24) is 10.6 Å². The Morgan fingerprint density at radius 1 is 1.59 bits per heavy atom. The monoisotopic (exact) mass is 369 g/mol. The van der Waals surface area contributed by atoms with Crippen molar-refractivity contribution in [3.8, 4) is 0 Å². The van der Waals surface area contributed by atoms with Crippen LogP contribution in [0.3, 0.4) is 0 Å². The van der Waals surface area contributed by atoms with Gasteiger partial charge in [-0.3, -0.25) is 4.99 Å². The molecule has 0 saturated carbocycles. The molecule has 0 aliphatic heterocycles. The van der Waals surface area contributed by atoms with Gasteiger partial charge in [0, 0.05) is 26.7 Å². The summed E-state index contributed by atoms with van der Waals surface area (Å²) < 4.78 is 5.06. The van der Waals surface area contributed by atoms with Gasteiger partial charge in [0.25, 0.3) is 0 Å². The smallest absolute Gasteiger partial charge is 0.191 e. The first-order chi connectivity index (χ1) is 7.76. The summed E-state index contributed by atoms with van der Waals surface area (Å²) in [5.74, 6) is 0.802. The summed E-state index contributed by atoms with van der Waals surface area (Å²) in [7, 11) is 3.46. The van der Waals surface area contributed by atoms with Gasteiger partial charge in [0.05, 0.1) is 6.61 Å². The molecule has 4 nitrogen and oxygen atoms in total. The van der Waals surface area contributed by atoms with Crippen LogP contribution < -0.4 is 10.6 Å². The van der Waals surface area contributed by atoms with E-state index in [1.54, 1.807) is 25.5 Å². The molecule has 6 heteroatoms. The van der Waals surface area contributed by atoms with Crippen LogP contribution in [-0.2, 0) is 11.3 Å². The van der Waals surface area contributed by atoms with E-state index < -0.39 is 0 Å². The number of hydrogen-bond donors (Lipinski definition) is 2. The van der Waals surface area contributed by atoms with E-state index in [9.17, 15) is 0 Å². The summed E-state index contributed by atoms with van der Waals surface area (Å²) in [5, 5.41) is 10.7. The van der Waals surface area contributed by atoms with Crippen LogP contribution >= 0.6 is 35.3 Å². The lowest BCUT2D eigenvalue weighted by Gasteiger charge is -2.16. The first-order valence-electron chi connectivity index (χ1n) is 5.23. The van der Waals surface area contributed by atoms with E-state index in [1.165, 1.54) is 5.56 Å². The number of guanidine groups is 1. The molecule has 0 amide bonds. The van der Waals surface area contributed by atoms with Crippen molar-refractivity contribution in [1.29, 1.82) is 0 Å². The number of hydrogen-bond acceptors (Lipinski definition) is 3. The van der Waals surface area contributed by atoms with Crippen LogP contribution in [0.4, 0.5) is 0 Å². The number of thiophene rings is 1. The number of methoxy groups -OCH3 is 1. The second-order valence-electron chi connectivity index (χ2n) is 3.56. The van der Waals surface area contributed by atoms with E-state index in [0.29, 0.717) is 6.61 Å². The summed E-state index contributed by atoms with van der Waals surface area (Å²) >= 11 is 1.70. The minimum Gasteiger partial charge on any atom is -0.383 e. The molecule has 0 aromatic carbocycles. The molecule has 2 N–H and O–H groups in total. The Morgan fingerprint density at radius 2 is 2.35 bits per heavy atom. The number of rotatable bonds is 5. The molecule has 0 fully saturated rings. The fourth-order valence-electron chi connectivity index (χ4n) is 1.30. The number of ether oxygens (including phenoxy) is 1. The molecule has 1 unspecified atom stereocenters. The highest BCUT2D eigenvalue weighted by Crippen LogP contribution is 2.04. The van der Waals surface area contributed by atoms with Crippen molar-refractivity contribution in [2.45, 2.75) is 19.5 Å². The third kappa shape index (κ3) is 6.85. The largest absolute Gasteiger partial charge is 0.383 e. The van der Waals surface area contributed by atoms with E-state index in [4.69, 9.17) is 4.74 Å². The fraction of sp³-hybridized carbons (Fsp3) is 0.545. The topological polar surface area (TPSA) is 45.7 Å². The van der Waals surface area contributed by atoms with Crippen LogP contribution in [0.15, 0.2) is 21.8 Å². The summed E-state index contributed by atoms with van der Waals surface area (Å²) in [4.78, 5) is 4.15. The Morgan fingerprint density at radius 3 is 2.88 bits per heavy atom. The van der Waals surface area contributed by atoms with Crippen LogP contribution in [-0.4, -0.2) is 32.8 Å². The van der Waals surface area contributed by atoms with E-state index in [0.717, 1.165) is 12.5 Å². The third-order valence-electron chi connectivity index (χ3n) is 2.06. The molecule has 1 aromatic rings. The highest BCUT2D eigenvalue weighted by atomic mass is 127. The molecule has 0 aliphatic rings. The zero-order valence-corrected chi connectivity index (χ0v) is 13.5. The zero-order chi connectivity index (χ0) is 11.8. The zero-order valence-electron chi connectivity index (χ0n) is 10.4. The maximum absolute atomic E-state index is 5.06. The second kappa shape index (κ2) is 9.67. The predicted molar refractivity (Wildman–Crippen MR) is 84.4 cm³/mol. The van der Waals surface area contributed by atoms with Gasteiger partial charge < -0.3 is 15.4 Å². The second-order valence-corrected chi connectivity index (χ2v) is 4.34. The van der Waals surface area contributed by atoms with Crippen molar-refractivity contribution in [3.63, 3.8) is 0 Å². The van der Waals surface area contributed by atoms with E-state index >= 15 is 0 Å². The Kier molecular flexibility index (Phi) is 9.47. The van der Waals surface area contributed by atoms with Crippen molar-refractivity contribution in [2.75, 3.05) is 20.8 Å². The summed E-state index contributed by atoms with van der Waals surface area (Å²) in [6, 6.07) is 2.35. The Labute approximate surface area is 124 Å². The van der Waals surface area contributed by atoms with Gasteiger partial charge >= 0.3 is 0 Å². The van der Waals surface area contributed by atoms with Gasteiger partial charge in [-0.15, -0.1) is 24.0 Å². The van der Waals surface area contributed by atoms with Crippen LogP contribution in [0, 0.1) is 0 Å². The lowest BCUT2D eigenvalue weighted by Crippen LogP contribution is -2.43. The predicted octanol–water partition coefficient (Wildman–Crippen LogP) is 2.07. The molecule has 1 heterocycles. The van der Waals surface area contributed by atoms with Gasteiger partial charge in [0.15, 0.2) is 5.96 Å². The molecule has 1 aromatic heterocycles. The maximum Gasteiger partial charge on any atom is 0.191 e. The maximum atomic E-state index is 5.06. The first kappa shape index (κ1) is 16.7.